The summed E-state index contributed by atoms with van der Waals surface area (Å²) < 4.78 is 62.8. The van der Waals surface area contributed by atoms with E-state index in [1.165, 1.54) is 24.5 Å². The van der Waals surface area contributed by atoms with E-state index in [2.05, 4.69) is 25.5 Å². The Labute approximate surface area is 247 Å². The van der Waals surface area contributed by atoms with Crippen molar-refractivity contribution in [1.82, 2.24) is 20.2 Å². The number of morpholine rings is 1. The summed E-state index contributed by atoms with van der Waals surface area (Å²) >= 11 is 0. The zero-order chi connectivity index (χ0) is 31.1. The van der Waals surface area contributed by atoms with Gasteiger partial charge in [0.2, 0.25) is 17.8 Å². The standard InChI is InChI=1S/C29H37F4N7O3/c1-16-13-39(14-17(2)38(16)4)25-9-23(30)20(19-10-35-28(36-11-19)40-5-6-43-15-18(40)3)7-24(25)37-27(42)21-12-34-26(41)8-22(21)29(31,32)33/h7,9-11,16-18,21-22H,5-6,8,12-15H2,1-4H3,(H,34,41)(H,37,42)/t16-,17+,18-,21?,22?/m0/s1. The van der Waals surface area contributed by atoms with Crippen molar-refractivity contribution in [2.45, 2.75) is 51.5 Å². The molecule has 1 aromatic carbocycles. The molecule has 14 heteroatoms. The molecule has 43 heavy (non-hydrogen) atoms. The highest BCUT2D eigenvalue weighted by Gasteiger charge is 2.50. The fraction of sp³-hybridized carbons (Fsp3) is 0.586. The average Bonchev–Trinajstić information content (AvgIpc) is 2.96. The summed E-state index contributed by atoms with van der Waals surface area (Å²) in [5.41, 5.74) is 0.987. The van der Waals surface area contributed by atoms with Crippen molar-refractivity contribution < 1.29 is 31.9 Å². The number of amides is 2. The first kappa shape index (κ1) is 30.9. The Morgan fingerprint density at radius 3 is 2.40 bits per heavy atom. The Hall–Kier alpha value is -3.52. The maximum absolute atomic E-state index is 15.8. The van der Waals surface area contributed by atoms with E-state index in [-0.39, 0.29) is 29.4 Å². The molecule has 0 aliphatic carbocycles. The number of carbonyl (C=O) groups excluding carboxylic acids is 2. The van der Waals surface area contributed by atoms with Crippen LogP contribution in [0.2, 0.25) is 0 Å². The fourth-order valence-corrected chi connectivity index (χ4v) is 6.00. The van der Waals surface area contributed by atoms with E-state index in [0.29, 0.717) is 50.0 Å². The summed E-state index contributed by atoms with van der Waals surface area (Å²) in [5, 5.41) is 5.04. The largest absolute Gasteiger partial charge is 0.393 e. The van der Waals surface area contributed by atoms with Crippen molar-refractivity contribution in [2.24, 2.45) is 11.8 Å². The molecule has 2 amide bonds. The number of benzene rings is 1. The van der Waals surface area contributed by atoms with Crippen molar-refractivity contribution >= 4 is 29.1 Å². The number of rotatable bonds is 5. The molecular weight excluding hydrogens is 570 g/mol. The van der Waals surface area contributed by atoms with Crippen LogP contribution in [0.3, 0.4) is 0 Å². The van der Waals surface area contributed by atoms with Crippen LogP contribution in [0.25, 0.3) is 11.1 Å². The van der Waals surface area contributed by atoms with Gasteiger partial charge in [-0.15, -0.1) is 0 Å². The Morgan fingerprint density at radius 1 is 1.09 bits per heavy atom. The van der Waals surface area contributed by atoms with Crippen molar-refractivity contribution in [3.8, 4) is 11.1 Å². The van der Waals surface area contributed by atoms with Gasteiger partial charge in [0.1, 0.15) is 5.82 Å². The predicted molar refractivity (Wildman–Crippen MR) is 153 cm³/mol. The van der Waals surface area contributed by atoms with Crippen molar-refractivity contribution in [2.75, 3.05) is 61.6 Å². The lowest BCUT2D eigenvalue weighted by Crippen LogP contribution is -2.55. The number of piperidine rings is 1. The number of hydrogen-bond donors (Lipinski definition) is 2. The molecule has 3 aliphatic rings. The van der Waals surface area contributed by atoms with Gasteiger partial charge in [0.25, 0.3) is 0 Å². The molecule has 2 N–H and O–H groups in total. The fourth-order valence-electron chi connectivity index (χ4n) is 6.00. The third-order valence-corrected chi connectivity index (χ3v) is 8.78. The van der Waals surface area contributed by atoms with E-state index in [0.717, 1.165) is 0 Å². The highest BCUT2D eigenvalue weighted by molar-refractivity contribution is 5.98. The van der Waals surface area contributed by atoms with Crippen LogP contribution in [0.4, 0.5) is 34.9 Å². The Bertz CT molecular complexity index is 1330. The second-order valence-corrected chi connectivity index (χ2v) is 11.8. The highest BCUT2D eigenvalue weighted by Crippen LogP contribution is 2.39. The Balaban J connectivity index is 1.50. The van der Waals surface area contributed by atoms with Crippen LogP contribution >= 0.6 is 0 Å². The van der Waals surface area contributed by atoms with E-state index in [4.69, 9.17) is 4.74 Å². The second-order valence-electron chi connectivity index (χ2n) is 11.8. The maximum atomic E-state index is 15.8. The minimum atomic E-state index is -4.74. The summed E-state index contributed by atoms with van der Waals surface area (Å²) in [6, 6.07) is 2.99. The SMILES string of the molecule is C[C@@H]1CN(c2cc(F)c(-c3cnc(N4CCOC[C@@H]4C)nc3)cc2NC(=O)C2CNC(=O)CC2C(F)(F)F)C[C@H](C)N1C. The summed E-state index contributed by atoms with van der Waals surface area (Å²) in [6.45, 7) is 8.32. The minimum absolute atomic E-state index is 0.0656. The smallest absolute Gasteiger partial charge is 0.377 e. The molecule has 5 atom stereocenters. The molecule has 234 valence electrons. The first-order valence-electron chi connectivity index (χ1n) is 14.4. The number of piperazine rings is 1. The minimum Gasteiger partial charge on any atom is -0.377 e. The molecule has 10 nitrogen and oxygen atoms in total. The normalized spacial score (nSPS) is 27.2. The van der Waals surface area contributed by atoms with Gasteiger partial charge in [-0.25, -0.2) is 14.4 Å². The first-order chi connectivity index (χ1) is 20.3. The molecule has 5 rings (SSSR count). The van der Waals surface area contributed by atoms with Gasteiger partial charge in [-0.1, -0.05) is 0 Å². The van der Waals surface area contributed by atoms with Crippen LogP contribution in [0, 0.1) is 17.7 Å². The lowest BCUT2D eigenvalue weighted by atomic mass is 9.84. The Kier molecular flexibility index (Phi) is 8.80. The van der Waals surface area contributed by atoms with Crippen LogP contribution < -0.4 is 20.4 Å². The number of alkyl halides is 3. The number of anilines is 3. The summed E-state index contributed by atoms with van der Waals surface area (Å²) in [4.78, 5) is 40.2. The molecule has 2 aromatic rings. The number of halogens is 4. The number of hydrogen-bond acceptors (Lipinski definition) is 8. The number of likely N-dealkylation sites (N-methyl/N-ethyl adjacent to an activating group) is 1. The number of nitrogens with zero attached hydrogens (tertiary/aromatic N) is 5. The van der Waals surface area contributed by atoms with E-state index >= 15 is 4.39 Å². The lowest BCUT2D eigenvalue weighted by molar-refractivity contribution is -0.197. The van der Waals surface area contributed by atoms with Crippen molar-refractivity contribution in [3.05, 3.63) is 30.3 Å². The molecular formula is C29H37F4N7O3. The Morgan fingerprint density at radius 2 is 1.77 bits per heavy atom. The van der Waals surface area contributed by atoms with Gasteiger partial charge in [0, 0.05) is 68.2 Å². The number of nitrogens with one attached hydrogen (secondary N) is 2. The monoisotopic (exact) mass is 607 g/mol. The third kappa shape index (κ3) is 6.54. The summed E-state index contributed by atoms with van der Waals surface area (Å²) in [5.74, 6) is -5.43. The molecule has 0 spiro atoms. The van der Waals surface area contributed by atoms with E-state index < -0.39 is 48.6 Å². The molecule has 0 radical (unpaired) electrons. The maximum Gasteiger partial charge on any atom is 0.393 e. The van der Waals surface area contributed by atoms with Gasteiger partial charge >= 0.3 is 6.18 Å². The van der Waals surface area contributed by atoms with Crippen LogP contribution in [-0.2, 0) is 14.3 Å². The molecule has 0 bridgehead atoms. The quantitative estimate of drug-likeness (QED) is 0.500. The lowest BCUT2D eigenvalue weighted by Gasteiger charge is -2.44. The molecule has 3 aliphatic heterocycles. The predicted octanol–water partition coefficient (Wildman–Crippen LogP) is 3.29. The molecule has 3 saturated heterocycles. The van der Waals surface area contributed by atoms with Crippen LogP contribution in [0.1, 0.15) is 27.2 Å². The van der Waals surface area contributed by atoms with Crippen molar-refractivity contribution in [3.63, 3.8) is 0 Å². The van der Waals surface area contributed by atoms with Gasteiger partial charge < -0.3 is 25.2 Å². The average molecular weight is 608 g/mol. The van der Waals surface area contributed by atoms with Crippen LogP contribution in [-0.4, -0.2) is 97.4 Å². The van der Waals surface area contributed by atoms with Gasteiger partial charge in [0.05, 0.1) is 42.5 Å². The molecule has 4 heterocycles. The zero-order valence-corrected chi connectivity index (χ0v) is 24.6. The number of aromatic nitrogens is 2. The van der Waals surface area contributed by atoms with Gasteiger partial charge in [-0.3, -0.25) is 14.5 Å². The van der Waals surface area contributed by atoms with E-state index in [9.17, 15) is 22.8 Å². The van der Waals surface area contributed by atoms with Gasteiger partial charge in [0.15, 0.2) is 0 Å². The molecule has 2 unspecified atom stereocenters. The van der Waals surface area contributed by atoms with Crippen molar-refractivity contribution in [1.29, 1.82) is 0 Å². The number of ether oxygens (including phenoxy) is 1. The first-order valence-corrected chi connectivity index (χ1v) is 14.4. The molecule has 3 fully saturated rings. The molecule has 1 aromatic heterocycles. The van der Waals surface area contributed by atoms with Gasteiger partial charge in [-0.05, 0) is 40.0 Å². The van der Waals surface area contributed by atoms with E-state index in [1.807, 2.05) is 37.6 Å². The summed E-state index contributed by atoms with van der Waals surface area (Å²) in [6.07, 6.45) is -2.59. The second kappa shape index (κ2) is 12.2. The highest BCUT2D eigenvalue weighted by atomic mass is 19.4. The summed E-state index contributed by atoms with van der Waals surface area (Å²) in [7, 11) is 2.00. The zero-order valence-electron chi connectivity index (χ0n) is 24.6. The number of carbonyl (C=O) groups is 2. The third-order valence-electron chi connectivity index (χ3n) is 8.78. The molecule has 0 saturated carbocycles. The van der Waals surface area contributed by atoms with Crippen LogP contribution in [0.5, 0.6) is 0 Å². The van der Waals surface area contributed by atoms with Crippen LogP contribution in [0.15, 0.2) is 24.5 Å². The van der Waals surface area contributed by atoms with E-state index in [1.54, 1.807) is 0 Å². The topological polar surface area (TPSA) is 103 Å². The van der Waals surface area contributed by atoms with Gasteiger partial charge in [-0.2, -0.15) is 13.2 Å².